The van der Waals surface area contributed by atoms with Crippen LogP contribution in [0, 0.1) is 0 Å². The summed E-state index contributed by atoms with van der Waals surface area (Å²) in [6, 6.07) is 14.1. The van der Waals surface area contributed by atoms with Gasteiger partial charge in [-0.3, -0.25) is 14.2 Å². The topological polar surface area (TPSA) is 87.0 Å². The Morgan fingerprint density at radius 2 is 1.94 bits per heavy atom. The standard InChI is InChI=1S/C26H24N2O5S2/c1-5-32-25(31)22-15(2)27-26-28(23(22)18-9-11-20(34-4)12-10-18)24(30)21(35-26)14-17-7-6-8-19(13-17)33-16(3)29/h6-14,23H,5H2,1-4H3/b21-14-/t23-/m1/s1. The molecule has 0 saturated carbocycles. The van der Waals surface area contributed by atoms with E-state index in [1.807, 2.05) is 36.6 Å². The lowest BCUT2D eigenvalue weighted by atomic mass is 9.96. The van der Waals surface area contributed by atoms with E-state index in [1.54, 1.807) is 54.5 Å². The van der Waals surface area contributed by atoms with Crippen molar-refractivity contribution in [2.75, 3.05) is 12.9 Å². The lowest BCUT2D eigenvalue weighted by Crippen LogP contribution is -2.39. The Balaban J connectivity index is 1.89. The smallest absolute Gasteiger partial charge is 0.338 e. The SMILES string of the molecule is CCOC(=O)C1=C(C)N=c2s/c(=C\c3cccc(OC(C)=O)c3)c(=O)n2[C@@H]1c1ccc(SC)cc1. The Morgan fingerprint density at radius 3 is 2.60 bits per heavy atom. The number of aromatic nitrogens is 1. The highest BCUT2D eigenvalue weighted by molar-refractivity contribution is 7.98. The third-order valence-corrected chi connectivity index (χ3v) is 7.09. The lowest BCUT2D eigenvalue weighted by molar-refractivity contribution is -0.139. The fourth-order valence-electron chi connectivity index (χ4n) is 3.88. The molecule has 1 aliphatic rings. The molecule has 35 heavy (non-hydrogen) atoms. The number of thiazole rings is 1. The molecule has 0 bridgehead atoms. The number of thioether (sulfide) groups is 1. The normalized spacial score (nSPS) is 15.4. The molecule has 0 unspecified atom stereocenters. The molecule has 1 aliphatic heterocycles. The largest absolute Gasteiger partial charge is 0.463 e. The van der Waals surface area contributed by atoms with E-state index in [9.17, 15) is 14.4 Å². The van der Waals surface area contributed by atoms with Gasteiger partial charge in [0.1, 0.15) is 5.75 Å². The molecule has 0 radical (unpaired) electrons. The molecular formula is C26H24N2O5S2. The number of benzene rings is 2. The molecule has 0 N–H and O–H groups in total. The number of nitrogens with zero attached hydrogens (tertiary/aromatic N) is 2. The molecule has 2 heterocycles. The second kappa shape index (κ2) is 10.5. The van der Waals surface area contributed by atoms with Crippen molar-refractivity contribution in [1.82, 2.24) is 4.57 Å². The van der Waals surface area contributed by atoms with E-state index >= 15 is 0 Å². The summed E-state index contributed by atoms with van der Waals surface area (Å²) >= 11 is 2.86. The fourth-order valence-corrected chi connectivity index (χ4v) is 5.33. The van der Waals surface area contributed by atoms with Crippen LogP contribution in [0.4, 0.5) is 0 Å². The second-order valence-electron chi connectivity index (χ2n) is 7.74. The van der Waals surface area contributed by atoms with E-state index in [0.29, 0.717) is 31.9 Å². The van der Waals surface area contributed by atoms with Crippen LogP contribution in [-0.2, 0) is 14.3 Å². The highest BCUT2D eigenvalue weighted by Crippen LogP contribution is 2.31. The number of hydrogen-bond acceptors (Lipinski definition) is 8. The van der Waals surface area contributed by atoms with Gasteiger partial charge in [-0.15, -0.1) is 11.8 Å². The van der Waals surface area contributed by atoms with Gasteiger partial charge < -0.3 is 9.47 Å². The minimum absolute atomic E-state index is 0.219. The summed E-state index contributed by atoms with van der Waals surface area (Å²) in [7, 11) is 0. The van der Waals surface area contributed by atoms with Crippen molar-refractivity contribution in [2.24, 2.45) is 4.99 Å². The first kappa shape index (κ1) is 24.7. The van der Waals surface area contributed by atoms with Crippen molar-refractivity contribution < 1.29 is 19.1 Å². The van der Waals surface area contributed by atoms with Gasteiger partial charge in [0, 0.05) is 11.8 Å². The Hall–Kier alpha value is -3.43. The Bertz CT molecular complexity index is 1500. The van der Waals surface area contributed by atoms with Crippen LogP contribution in [0.15, 0.2) is 74.5 Å². The molecule has 7 nitrogen and oxygen atoms in total. The van der Waals surface area contributed by atoms with E-state index in [-0.39, 0.29) is 12.2 Å². The molecule has 4 rings (SSSR count). The van der Waals surface area contributed by atoms with Crippen LogP contribution in [0.3, 0.4) is 0 Å². The quantitative estimate of drug-likeness (QED) is 0.288. The van der Waals surface area contributed by atoms with Crippen LogP contribution in [0.5, 0.6) is 5.75 Å². The van der Waals surface area contributed by atoms with Gasteiger partial charge in [0.15, 0.2) is 4.80 Å². The zero-order valence-corrected chi connectivity index (χ0v) is 21.4. The Morgan fingerprint density at radius 1 is 1.20 bits per heavy atom. The van der Waals surface area contributed by atoms with Gasteiger partial charge in [-0.2, -0.15) is 0 Å². The Labute approximate surface area is 210 Å². The molecule has 3 aromatic rings. The zero-order chi connectivity index (χ0) is 25.1. The third-order valence-electron chi connectivity index (χ3n) is 5.37. The maximum absolute atomic E-state index is 13.6. The van der Waals surface area contributed by atoms with E-state index in [1.165, 1.54) is 18.3 Å². The number of carbonyl (C=O) groups excluding carboxylic acids is 2. The van der Waals surface area contributed by atoms with Gasteiger partial charge >= 0.3 is 11.9 Å². The van der Waals surface area contributed by atoms with Crippen molar-refractivity contribution in [3.63, 3.8) is 0 Å². The summed E-state index contributed by atoms with van der Waals surface area (Å²) in [5, 5.41) is 0. The van der Waals surface area contributed by atoms with E-state index in [2.05, 4.69) is 4.99 Å². The molecule has 1 aromatic heterocycles. The summed E-state index contributed by atoms with van der Waals surface area (Å²) in [6.07, 6.45) is 3.72. The number of ether oxygens (including phenoxy) is 2. The fraction of sp³-hybridized carbons (Fsp3) is 0.231. The van der Waals surface area contributed by atoms with Crippen molar-refractivity contribution in [3.05, 3.63) is 90.6 Å². The number of hydrogen-bond donors (Lipinski definition) is 0. The summed E-state index contributed by atoms with van der Waals surface area (Å²) < 4.78 is 12.5. The van der Waals surface area contributed by atoms with E-state index in [4.69, 9.17) is 9.47 Å². The van der Waals surface area contributed by atoms with Crippen LogP contribution < -0.4 is 19.6 Å². The molecule has 0 amide bonds. The molecule has 1 atom stereocenters. The number of carbonyl (C=O) groups is 2. The highest BCUT2D eigenvalue weighted by Gasteiger charge is 2.33. The minimum atomic E-state index is -0.657. The first-order valence-electron chi connectivity index (χ1n) is 10.9. The predicted molar refractivity (Wildman–Crippen MR) is 136 cm³/mol. The second-order valence-corrected chi connectivity index (χ2v) is 9.63. The van der Waals surface area contributed by atoms with Crippen LogP contribution >= 0.6 is 23.1 Å². The summed E-state index contributed by atoms with van der Waals surface area (Å²) in [6.45, 7) is 5.06. The van der Waals surface area contributed by atoms with Gasteiger partial charge in [-0.1, -0.05) is 35.6 Å². The maximum atomic E-state index is 13.6. The average Bonchev–Trinajstić information content (AvgIpc) is 3.12. The van der Waals surface area contributed by atoms with Crippen LogP contribution in [0.2, 0.25) is 0 Å². The summed E-state index contributed by atoms with van der Waals surface area (Å²) in [4.78, 5) is 44.1. The summed E-state index contributed by atoms with van der Waals surface area (Å²) in [5.74, 6) is -0.515. The van der Waals surface area contributed by atoms with Crippen LogP contribution in [-0.4, -0.2) is 29.4 Å². The predicted octanol–water partition coefficient (Wildman–Crippen LogP) is 3.45. The number of rotatable bonds is 6. The number of allylic oxidation sites excluding steroid dienone is 1. The third kappa shape index (κ3) is 5.16. The molecule has 180 valence electrons. The van der Waals surface area contributed by atoms with Gasteiger partial charge in [0.2, 0.25) is 0 Å². The number of fused-ring (bicyclic) bond motifs is 1. The van der Waals surface area contributed by atoms with Gasteiger partial charge in [0.25, 0.3) is 5.56 Å². The van der Waals surface area contributed by atoms with Gasteiger partial charge in [-0.05, 0) is 61.6 Å². The van der Waals surface area contributed by atoms with Gasteiger partial charge in [0.05, 0.1) is 28.5 Å². The minimum Gasteiger partial charge on any atom is -0.463 e. The highest BCUT2D eigenvalue weighted by atomic mass is 32.2. The Kier molecular flexibility index (Phi) is 7.37. The molecule has 0 aliphatic carbocycles. The lowest BCUT2D eigenvalue weighted by Gasteiger charge is -2.24. The molecule has 0 saturated heterocycles. The van der Waals surface area contributed by atoms with Crippen molar-refractivity contribution >= 4 is 41.1 Å². The molecule has 0 fully saturated rings. The van der Waals surface area contributed by atoms with E-state index in [0.717, 1.165) is 10.5 Å². The maximum Gasteiger partial charge on any atom is 0.338 e. The van der Waals surface area contributed by atoms with E-state index < -0.39 is 18.0 Å². The molecular weight excluding hydrogens is 484 g/mol. The molecule has 0 spiro atoms. The molecule has 9 heteroatoms. The van der Waals surface area contributed by atoms with Gasteiger partial charge in [-0.25, -0.2) is 9.79 Å². The molecule has 2 aromatic carbocycles. The first-order chi connectivity index (χ1) is 16.8. The number of esters is 2. The van der Waals surface area contributed by atoms with Crippen LogP contribution in [0.25, 0.3) is 6.08 Å². The van der Waals surface area contributed by atoms with Crippen LogP contribution in [0.1, 0.15) is 37.9 Å². The zero-order valence-electron chi connectivity index (χ0n) is 19.7. The monoisotopic (exact) mass is 508 g/mol. The average molecular weight is 509 g/mol. The van der Waals surface area contributed by atoms with Crippen molar-refractivity contribution in [2.45, 2.75) is 31.7 Å². The summed E-state index contributed by atoms with van der Waals surface area (Å²) in [5.41, 5.74) is 2.10. The van der Waals surface area contributed by atoms with Crippen molar-refractivity contribution in [3.8, 4) is 5.75 Å². The first-order valence-corrected chi connectivity index (χ1v) is 13.0. The van der Waals surface area contributed by atoms with Crippen molar-refractivity contribution in [1.29, 1.82) is 0 Å².